The lowest BCUT2D eigenvalue weighted by Gasteiger charge is -2.05. The fourth-order valence-electron chi connectivity index (χ4n) is 1.35. The van der Waals surface area contributed by atoms with Gasteiger partial charge in [-0.25, -0.2) is 4.79 Å². The Morgan fingerprint density at radius 2 is 2.00 bits per heavy atom. The largest absolute Gasteiger partial charge is 0.358 e. The summed E-state index contributed by atoms with van der Waals surface area (Å²) in [5, 5.41) is 16.4. The first kappa shape index (κ1) is 17.8. The van der Waals surface area contributed by atoms with Crippen LogP contribution in [0.25, 0.3) is 0 Å². The summed E-state index contributed by atoms with van der Waals surface area (Å²) in [6.45, 7) is 0. The van der Waals surface area contributed by atoms with E-state index in [2.05, 4.69) is 26.1 Å². The van der Waals surface area contributed by atoms with E-state index in [1.54, 1.807) is 19.2 Å². The van der Waals surface area contributed by atoms with Crippen molar-refractivity contribution in [2.24, 2.45) is 0 Å². The Morgan fingerprint density at radius 1 is 1.22 bits per heavy atom. The number of rotatable bonds is 5. The van der Waals surface area contributed by atoms with Gasteiger partial charge < -0.3 is 10.6 Å². The Bertz CT molecular complexity index is 725. The summed E-state index contributed by atoms with van der Waals surface area (Å²) in [5.41, 5.74) is 0.496. The molecule has 0 bridgehead atoms. The topological polar surface area (TPSA) is 96.0 Å². The average Bonchev–Trinajstić information content (AvgIpc) is 2.95. The number of urea groups is 1. The molecule has 7 nitrogen and oxygen atoms in total. The van der Waals surface area contributed by atoms with E-state index in [1.807, 2.05) is 0 Å². The number of carbonyl (C=O) groups is 2. The van der Waals surface area contributed by atoms with Crippen LogP contribution in [0.1, 0.15) is 0 Å². The van der Waals surface area contributed by atoms with Gasteiger partial charge in [0.05, 0.1) is 15.8 Å². The van der Waals surface area contributed by atoms with Crippen LogP contribution >= 0.6 is 46.3 Å². The first-order chi connectivity index (χ1) is 11.0. The summed E-state index contributed by atoms with van der Waals surface area (Å²) < 4.78 is 0.582. The molecule has 0 saturated carbocycles. The number of nitrogens with zero attached hydrogens (tertiary/aromatic N) is 2. The molecule has 0 atom stereocenters. The van der Waals surface area contributed by atoms with Crippen molar-refractivity contribution < 1.29 is 9.59 Å². The van der Waals surface area contributed by atoms with Gasteiger partial charge in [0.2, 0.25) is 11.0 Å². The normalized spacial score (nSPS) is 10.2. The average molecular weight is 392 g/mol. The second kappa shape index (κ2) is 8.34. The molecular formula is C12H11Cl2N5O2S2. The van der Waals surface area contributed by atoms with Crippen molar-refractivity contribution in [2.45, 2.75) is 4.34 Å². The molecule has 0 spiro atoms. The molecule has 0 aliphatic heterocycles. The molecule has 2 aromatic rings. The van der Waals surface area contributed by atoms with Crippen LogP contribution in [0, 0.1) is 0 Å². The Balaban J connectivity index is 1.89. The molecule has 0 aliphatic rings. The molecular weight excluding hydrogens is 381 g/mol. The molecule has 23 heavy (non-hydrogen) atoms. The van der Waals surface area contributed by atoms with Crippen LogP contribution in [0.5, 0.6) is 0 Å². The minimum atomic E-state index is -0.484. The van der Waals surface area contributed by atoms with Crippen LogP contribution in [-0.2, 0) is 4.79 Å². The van der Waals surface area contributed by atoms with Gasteiger partial charge in [-0.1, -0.05) is 46.3 Å². The van der Waals surface area contributed by atoms with Gasteiger partial charge in [0.15, 0.2) is 4.34 Å². The number of thioether (sulfide) groups is 1. The highest BCUT2D eigenvalue weighted by atomic mass is 35.5. The van der Waals surface area contributed by atoms with Gasteiger partial charge >= 0.3 is 6.03 Å². The molecule has 1 aromatic heterocycles. The van der Waals surface area contributed by atoms with E-state index in [0.29, 0.717) is 25.2 Å². The van der Waals surface area contributed by atoms with Crippen molar-refractivity contribution in [1.29, 1.82) is 0 Å². The predicted molar refractivity (Wildman–Crippen MR) is 93.8 cm³/mol. The molecule has 0 saturated heterocycles. The van der Waals surface area contributed by atoms with Crippen molar-refractivity contribution in [2.75, 3.05) is 23.4 Å². The molecule has 2 rings (SSSR count). The highest BCUT2D eigenvalue weighted by Gasteiger charge is 2.10. The van der Waals surface area contributed by atoms with E-state index in [4.69, 9.17) is 23.2 Å². The highest BCUT2D eigenvalue weighted by Crippen LogP contribution is 2.26. The van der Waals surface area contributed by atoms with Crippen molar-refractivity contribution in [1.82, 2.24) is 15.5 Å². The Morgan fingerprint density at radius 3 is 2.70 bits per heavy atom. The first-order valence-electron chi connectivity index (χ1n) is 6.18. The summed E-state index contributed by atoms with van der Waals surface area (Å²) in [5.74, 6) is 0.123. The third-order valence-electron chi connectivity index (χ3n) is 2.41. The van der Waals surface area contributed by atoms with Gasteiger partial charge in [-0.15, -0.1) is 10.2 Å². The van der Waals surface area contributed by atoms with Gasteiger partial charge in [0.1, 0.15) is 0 Å². The summed E-state index contributed by atoms with van der Waals surface area (Å²) in [6.07, 6.45) is 0. The van der Waals surface area contributed by atoms with E-state index in [-0.39, 0.29) is 11.7 Å². The monoisotopic (exact) mass is 391 g/mol. The third-order valence-corrected chi connectivity index (χ3v) is 5.12. The van der Waals surface area contributed by atoms with Crippen LogP contribution in [0.15, 0.2) is 22.5 Å². The van der Waals surface area contributed by atoms with Gasteiger partial charge in [0.25, 0.3) is 0 Å². The number of carbonyl (C=O) groups excluding carboxylic acids is 2. The number of amides is 3. The lowest BCUT2D eigenvalue weighted by Crippen LogP contribution is -2.19. The Hall–Kier alpha value is -1.55. The van der Waals surface area contributed by atoms with Crippen LogP contribution in [0.3, 0.4) is 0 Å². The number of hydrogen-bond donors (Lipinski definition) is 3. The number of aromatic nitrogens is 2. The van der Waals surface area contributed by atoms with Crippen LogP contribution < -0.4 is 16.0 Å². The summed E-state index contributed by atoms with van der Waals surface area (Å²) in [4.78, 5) is 23.0. The predicted octanol–water partition coefficient (Wildman–Crippen LogP) is 3.33. The van der Waals surface area contributed by atoms with Crippen LogP contribution in [0.4, 0.5) is 15.6 Å². The number of anilines is 2. The van der Waals surface area contributed by atoms with E-state index < -0.39 is 6.03 Å². The minimum Gasteiger partial charge on any atom is -0.358 e. The third kappa shape index (κ3) is 5.54. The van der Waals surface area contributed by atoms with E-state index >= 15 is 0 Å². The molecule has 0 unspecified atom stereocenters. The maximum atomic E-state index is 11.9. The standard InChI is InChI=1S/C12H11Cl2N5O2S2/c1-15-9(20)5-22-12-19-18-11(23-12)17-10(21)16-6-2-3-7(13)8(14)4-6/h2-4H,5H2,1H3,(H,15,20)(H2,16,17,18,21). The Kier molecular flexibility index (Phi) is 6.46. The lowest BCUT2D eigenvalue weighted by atomic mass is 10.3. The number of nitrogens with one attached hydrogen (secondary N) is 3. The molecule has 0 radical (unpaired) electrons. The van der Waals surface area contributed by atoms with Gasteiger partial charge in [0, 0.05) is 12.7 Å². The summed E-state index contributed by atoms with van der Waals surface area (Å²) >= 11 is 14.1. The summed E-state index contributed by atoms with van der Waals surface area (Å²) in [7, 11) is 1.56. The van der Waals surface area contributed by atoms with Crippen LogP contribution in [-0.4, -0.2) is 34.9 Å². The van der Waals surface area contributed by atoms with E-state index in [1.165, 1.54) is 29.2 Å². The van der Waals surface area contributed by atoms with E-state index in [9.17, 15) is 9.59 Å². The minimum absolute atomic E-state index is 0.114. The van der Waals surface area contributed by atoms with Crippen molar-refractivity contribution in [3.8, 4) is 0 Å². The second-order valence-electron chi connectivity index (χ2n) is 4.04. The number of halogens is 2. The smallest absolute Gasteiger partial charge is 0.325 e. The molecule has 0 fully saturated rings. The fraction of sp³-hybridized carbons (Fsp3) is 0.167. The zero-order chi connectivity index (χ0) is 16.8. The SMILES string of the molecule is CNC(=O)CSc1nnc(NC(=O)Nc2ccc(Cl)c(Cl)c2)s1. The van der Waals surface area contributed by atoms with Crippen LogP contribution in [0.2, 0.25) is 10.0 Å². The molecule has 0 aliphatic carbocycles. The fourth-order valence-corrected chi connectivity index (χ4v) is 3.27. The quantitative estimate of drug-likeness (QED) is 0.536. The van der Waals surface area contributed by atoms with Gasteiger partial charge in [-0.3, -0.25) is 10.1 Å². The molecule has 11 heteroatoms. The van der Waals surface area contributed by atoms with Crippen molar-refractivity contribution in [3.05, 3.63) is 28.2 Å². The molecule has 122 valence electrons. The molecule has 3 amide bonds. The zero-order valence-electron chi connectivity index (χ0n) is 11.7. The highest BCUT2D eigenvalue weighted by molar-refractivity contribution is 8.01. The second-order valence-corrected chi connectivity index (χ2v) is 7.06. The maximum absolute atomic E-state index is 11.9. The first-order valence-corrected chi connectivity index (χ1v) is 8.73. The van der Waals surface area contributed by atoms with Crippen molar-refractivity contribution >= 4 is 69.1 Å². The number of hydrogen-bond acceptors (Lipinski definition) is 6. The summed E-state index contributed by atoms with van der Waals surface area (Å²) in [6, 6.07) is 4.26. The van der Waals surface area contributed by atoms with Crippen molar-refractivity contribution in [3.63, 3.8) is 0 Å². The van der Waals surface area contributed by atoms with E-state index in [0.717, 1.165) is 0 Å². The lowest BCUT2D eigenvalue weighted by molar-refractivity contribution is -0.118. The molecule has 1 heterocycles. The molecule has 3 N–H and O–H groups in total. The van der Waals surface area contributed by atoms with Gasteiger partial charge in [-0.05, 0) is 18.2 Å². The Labute approximate surface area is 150 Å². The molecule has 1 aromatic carbocycles. The van der Waals surface area contributed by atoms with Gasteiger partial charge in [-0.2, -0.15) is 0 Å². The number of benzene rings is 1. The maximum Gasteiger partial charge on any atom is 0.325 e. The zero-order valence-corrected chi connectivity index (χ0v) is 14.9.